The summed E-state index contributed by atoms with van der Waals surface area (Å²) in [6, 6.07) is 4.76. The largest absolute Gasteiger partial charge is 0.497 e. The first-order valence-corrected chi connectivity index (χ1v) is 5.89. The summed E-state index contributed by atoms with van der Waals surface area (Å²) in [5.74, 6) is -1.10. The van der Waals surface area contributed by atoms with Gasteiger partial charge in [-0.05, 0) is 25.1 Å². The third-order valence-corrected chi connectivity index (χ3v) is 2.85. The number of nitrogens with one attached hydrogen (secondary N) is 1. The standard InChI is InChI=1S/C13H14N2O4/c1-3-14-11(16)7-15-10-5-4-8(19-2)6-9(10)12(17)13(15)18/h4-6H,3,7H2,1-2H3,(H,14,16). The van der Waals surface area contributed by atoms with Gasteiger partial charge < -0.3 is 10.1 Å². The molecule has 0 atom stereocenters. The van der Waals surface area contributed by atoms with Crippen LogP contribution >= 0.6 is 0 Å². The predicted octanol–water partition coefficient (Wildman–Crippen LogP) is 0.361. The second kappa shape index (κ2) is 5.09. The van der Waals surface area contributed by atoms with Crippen molar-refractivity contribution in [2.24, 2.45) is 0 Å². The van der Waals surface area contributed by atoms with E-state index in [0.717, 1.165) is 0 Å². The van der Waals surface area contributed by atoms with Gasteiger partial charge in [0.2, 0.25) is 5.91 Å². The van der Waals surface area contributed by atoms with Gasteiger partial charge in [0.1, 0.15) is 12.3 Å². The maximum atomic E-state index is 11.9. The summed E-state index contributed by atoms with van der Waals surface area (Å²) in [4.78, 5) is 36.4. The van der Waals surface area contributed by atoms with Crippen molar-refractivity contribution in [1.82, 2.24) is 5.32 Å². The Morgan fingerprint density at radius 1 is 1.37 bits per heavy atom. The van der Waals surface area contributed by atoms with Gasteiger partial charge in [0.15, 0.2) is 0 Å². The Bertz CT molecular complexity index is 554. The topological polar surface area (TPSA) is 75.7 Å². The molecule has 0 saturated heterocycles. The highest BCUT2D eigenvalue weighted by Crippen LogP contribution is 2.31. The van der Waals surface area contributed by atoms with Gasteiger partial charge in [0.05, 0.1) is 18.4 Å². The lowest BCUT2D eigenvalue weighted by molar-refractivity contribution is -0.122. The number of anilines is 1. The van der Waals surface area contributed by atoms with Crippen LogP contribution in [0.4, 0.5) is 5.69 Å². The lowest BCUT2D eigenvalue weighted by atomic mass is 10.1. The lowest BCUT2D eigenvalue weighted by Gasteiger charge is -2.15. The normalized spacial score (nSPS) is 13.5. The summed E-state index contributed by atoms with van der Waals surface area (Å²) in [5.41, 5.74) is 0.718. The van der Waals surface area contributed by atoms with Crippen LogP contribution in [-0.2, 0) is 9.59 Å². The van der Waals surface area contributed by atoms with E-state index in [-0.39, 0.29) is 18.0 Å². The summed E-state index contributed by atoms with van der Waals surface area (Å²) in [6.07, 6.45) is 0. The van der Waals surface area contributed by atoms with Gasteiger partial charge in [0, 0.05) is 6.54 Å². The van der Waals surface area contributed by atoms with Crippen LogP contribution < -0.4 is 15.0 Å². The monoisotopic (exact) mass is 262 g/mol. The zero-order valence-corrected chi connectivity index (χ0v) is 10.7. The number of Topliss-reactive ketones (excluding diaryl/α,β-unsaturated/α-hetero) is 1. The molecule has 0 fully saturated rings. The molecule has 1 aliphatic heterocycles. The number of carbonyl (C=O) groups excluding carboxylic acids is 3. The lowest BCUT2D eigenvalue weighted by Crippen LogP contribution is -2.40. The number of methoxy groups -OCH3 is 1. The van der Waals surface area contributed by atoms with Crippen molar-refractivity contribution in [3.05, 3.63) is 23.8 Å². The average molecular weight is 262 g/mol. The molecule has 0 spiro atoms. The smallest absolute Gasteiger partial charge is 0.299 e. The third-order valence-electron chi connectivity index (χ3n) is 2.85. The summed E-state index contributed by atoms with van der Waals surface area (Å²) in [5, 5.41) is 2.59. The van der Waals surface area contributed by atoms with Crippen molar-refractivity contribution in [2.75, 3.05) is 25.1 Å². The molecule has 1 aromatic carbocycles. The minimum atomic E-state index is -0.686. The molecular formula is C13H14N2O4. The Balaban J connectivity index is 2.31. The fraction of sp³-hybridized carbons (Fsp3) is 0.308. The van der Waals surface area contributed by atoms with Crippen LogP contribution in [0.15, 0.2) is 18.2 Å². The zero-order chi connectivity index (χ0) is 14.0. The molecule has 19 heavy (non-hydrogen) atoms. The molecule has 0 radical (unpaired) electrons. The molecule has 100 valence electrons. The molecule has 0 aliphatic carbocycles. The Labute approximate surface area is 110 Å². The first kappa shape index (κ1) is 13.1. The maximum Gasteiger partial charge on any atom is 0.299 e. The van der Waals surface area contributed by atoms with Crippen LogP contribution in [-0.4, -0.2) is 37.8 Å². The molecule has 1 N–H and O–H groups in total. The number of carbonyl (C=O) groups is 3. The van der Waals surface area contributed by atoms with E-state index < -0.39 is 11.7 Å². The zero-order valence-electron chi connectivity index (χ0n) is 10.7. The van der Waals surface area contributed by atoms with Gasteiger partial charge in [-0.25, -0.2) is 0 Å². The van der Waals surface area contributed by atoms with Crippen LogP contribution in [0.3, 0.4) is 0 Å². The van der Waals surface area contributed by atoms with E-state index in [9.17, 15) is 14.4 Å². The molecule has 6 heteroatoms. The van der Waals surface area contributed by atoms with Crippen molar-refractivity contribution in [1.29, 1.82) is 0 Å². The van der Waals surface area contributed by atoms with Crippen molar-refractivity contribution >= 4 is 23.3 Å². The number of likely N-dealkylation sites (N-methyl/N-ethyl adjacent to an activating group) is 1. The summed E-state index contributed by atoms with van der Waals surface area (Å²) in [7, 11) is 1.48. The fourth-order valence-corrected chi connectivity index (χ4v) is 1.96. The van der Waals surface area contributed by atoms with Crippen LogP contribution in [0, 0.1) is 0 Å². The molecular weight excluding hydrogens is 248 g/mol. The summed E-state index contributed by atoms with van der Waals surface area (Å²) in [6.45, 7) is 2.11. The van der Waals surface area contributed by atoms with Gasteiger partial charge in [-0.3, -0.25) is 19.3 Å². The second-order valence-corrected chi connectivity index (χ2v) is 4.06. The Morgan fingerprint density at radius 2 is 2.11 bits per heavy atom. The molecule has 6 nitrogen and oxygen atoms in total. The van der Waals surface area contributed by atoms with E-state index in [0.29, 0.717) is 18.0 Å². The molecule has 2 amide bonds. The van der Waals surface area contributed by atoms with Gasteiger partial charge in [-0.1, -0.05) is 0 Å². The van der Waals surface area contributed by atoms with Gasteiger partial charge in [0.25, 0.3) is 11.7 Å². The molecule has 0 aromatic heterocycles. The van der Waals surface area contributed by atoms with E-state index in [2.05, 4.69) is 5.32 Å². The Morgan fingerprint density at radius 3 is 2.74 bits per heavy atom. The molecule has 1 aromatic rings. The van der Waals surface area contributed by atoms with Crippen LogP contribution in [0.1, 0.15) is 17.3 Å². The van der Waals surface area contributed by atoms with Crippen molar-refractivity contribution < 1.29 is 19.1 Å². The van der Waals surface area contributed by atoms with Crippen molar-refractivity contribution in [3.8, 4) is 5.75 Å². The number of hydrogen-bond acceptors (Lipinski definition) is 4. The highest BCUT2D eigenvalue weighted by molar-refractivity contribution is 6.52. The highest BCUT2D eigenvalue weighted by Gasteiger charge is 2.36. The van der Waals surface area contributed by atoms with Gasteiger partial charge in [-0.2, -0.15) is 0 Å². The van der Waals surface area contributed by atoms with E-state index in [1.807, 2.05) is 0 Å². The Hall–Kier alpha value is -2.37. The number of amides is 2. The van der Waals surface area contributed by atoms with Crippen molar-refractivity contribution in [2.45, 2.75) is 6.92 Å². The van der Waals surface area contributed by atoms with Crippen LogP contribution in [0.25, 0.3) is 0 Å². The molecule has 2 rings (SSSR count). The quantitative estimate of drug-likeness (QED) is 0.795. The van der Waals surface area contributed by atoms with E-state index in [4.69, 9.17) is 4.74 Å². The Kier molecular flexibility index (Phi) is 3.50. The fourth-order valence-electron chi connectivity index (χ4n) is 1.96. The molecule has 1 aliphatic rings. The second-order valence-electron chi connectivity index (χ2n) is 4.06. The molecule has 0 saturated carbocycles. The van der Waals surface area contributed by atoms with Crippen LogP contribution in [0.2, 0.25) is 0 Å². The van der Waals surface area contributed by atoms with E-state index in [1.54, 1.807) is 19.1 Å². The number of ether oxygens (including phenoxy) is 1. The van der Waals surface area contributed by atoms with E-state index >= 15 is 0 Å². The van der Waals surface area contributed by atoms with Crippen LogP contribution in [0.5, 0.6) is 5.75 Å². The summed E-state index contributed by atoms with van der Waals surface area (Å²) >= 11 is 0. The molecule has 1 heterocycles. The van der Waals surface area contributed by atoms with Crippen molar-refractivity contribution in [3.63, 3.8) is 0 Å². The summed E-state index contributed by atoms with van der Waals surface area (Å²) < 4.78 is 5.02. The number of nitrogens with zero attached hydrogens (tertiary/aromatic N) is 1. The number of ketones is 1. The first-order chi connectivity index (χ1) is 9.08. The number of rotatable bonds is 4. The minimum Gasteiger partial charge on any atom is -0.497 e. The highest BCUT2D eigenvalue weighted by atomic mass is 16.5. The SMILES string of the molecule is CCNC(=O)CN1C(=O)C(=O)c2cc(OC)ccc21. The number of benzene rings is 1. The molecule has 0 unspecified atom stereocenters. The van der Waals surface area contributed by atoms with Gasteiger partial charge >= 0.3 is 0 Å². The maximum absolute atomic E-state index is 11.9. The third kappa shape index (κ3) is 2.29. The average Bonchev–Trinajstić information content (AvgIpc) is 2.64. The van der Waals surface area contributed by atoms with Gasteiger partial charge in [-0.15, -0.1) is 0 Å². The predicted molar refractivity (Wildman–Crippen MR) is 68.4 cm³/mol. The number of fused-ring (bicyclic) bond motifs is 1. The van der Waals surface area contributed by atoms with E-state index in [1.165, 1.54) is 18.1 Å². The molecule has 0 bridgehead atoms. The first-order valence-electron chi connectivity index (χ1n) is 5.89. The number of hydrogen-bond donors (Lipinski definition) is 1. The minimum absolute atomic E-state index is 0.155.